The summed E-state index contributed by atoms with van der Waals surface area (Å²) in [5.41, 5.74) is 0. The van der Waals surface area contributed by atoms with Gasteiger partial charge in [0.25, 0.3) is 0 Å². The van der Waals surface area contributed by atoms with E-state index in [1.165, 1.54) is 0 Å². The molecule has 0 nitrogen and oxygen atoms in total. The van der Waals surface area contributed by atoms with Gasteiger partial charge < -0.3 is 0 Å². The maximum absolute atomic E-state index is 14.5. The van der Waals surface area contributed by atoms with Crippen molar-refractivity contribution in [3.63, 3.8) is 0 Å². The fourth-order valence-corrected chi connectivity index (χ4v) is 14.8. The van der Waals surface area contributed by atoms with Crippen LogP contribution in [-0.4, -0.2) is 126 Å². The number of hydrogen-bond donors (Lipinski definition) is 0. The zero-order chi connectivity index (χ0) is 54.4. The zero-order valence-electron chi connectivity index (χ0n) is 29.6. The first-order chi connectivity index (χ1) is 27.9. The van der Waals surface area contributed by atoms with Crippen LogP contribution < -0.4 is 0 Å². The van der Waals surface area contributed by atoms with Gasteiger partial charge in [-0.25, -0.2) is 0 Å². The van der Waals surface area contributed by atoms with Gasteiger partial charge in [-0.2, -0.15) is 0 Å². The van der Waals surface area contributed by atoms with Crippen molar-refractivity contribution in [1.29, 1.82) is 0 Å². The van der Waals surface area contributed by atoms with E-state index in [1.54, 1.807) is 0 Å². The van der Waals surface area contributed by atoms with E-state index < -0.39 is 158 Å². The third kappa shape index (κ3) is 9.23. The summed E-state index contributed by atoms with van der Waals surface area (Å²) in [5.74, 6) is -127. The number of rotatable bonds is 21. The molecule has 0 saturated heterocycles. The predicted octanol–water partition coefficient (Wildman–Crippen LogP) is 15.0. The van der Waals surface area contributed by atoms with Gasteiger partial charge in [-0.15, -0.1) is 0 Å². The molecule has 0 N–H and O–H groups in total. The Morgan fingerprint density at radius 3 is 0.485 bits per heavy atom. The standard InChI is InChI=1S/3C8H4F13.C2H.Sn/c3*1-2-3(9,10)4(11,12)5(13,14)6(15,16)7(17,18)8(19,20)21;1-2;/h3*1-2H2;1H;. The SMILES string of the molecule is C#[C][Sn]([CH2]CC(F)(F)C(F)(F)C(F)(F)C(F)(F)C(F)(F)C(F)(F)F)([CH2]CC(F)(F)C(F)(F)C(F)(F)C(F)(F)C(F)(F)C(F)(F)F)[CH2]CC(F)(F)C(F)(F)C(F)(F)C(F)(F)C(F)(F)C(F)(F)F. The molecule has 0 aliphatic heterocycles. The molecule has 66 heavy (non-hydrogen) atoms. The van der Waals surface area contributed by atoms with Crippen LogP contribution >= 0.6 is 0 Å². The molecule has 0 aromatic heterocycles. The van der Waals surface area contributed by atoms with Crippen molar-refractivity contribution in [2.75, 3.05) is 0 Å². The molecule has 0 bridgehead atoms. The first-order valence-electron chi connectivity index (χ1n) is 15.3. The quantitative estimate of drug-likeness (QED) is 0.0610. The fourth-order valence-electron chi connectivity index (χ4n) is 4.66. The summed E-state index contributed by atoms with van der Waals surface area (Å²) in [5, 5.41) is 0. The van der Waals surface area contributed by atoms with Crippen LogP contribution in [0.2, 0.25) is 13.3 Å². The van der Waals surface area contributed by atoms with Crippen LogP contribution in [0.25, 0.3) is 0 Å². The first-order valence-corrected chi connectivity index (χ1v) is 22.8. The van der Waals surface area contributed by atoms with Crippen molar-refractivity contribution in [3.05, 3.63) is 0 Å². The van der Waals surface area contributed by atoms with Gasteiger partial charge in [0.1, 0.15) is 0 Å². The number of halogens is 39. The monoisotopic (exact) mass is 1190 g/mol. The van der Waals surface area contributed by atoms with E-state index in [1.807, 2.05) is 0 Å². The summed E-state index contributed by atoms with van der Waals surface area (Å²) >= 11 is -8.12. The van der Waals surface area contributed by atoms with E-state index in [9.17, 15) is 171 Å². The van der Waals surface area contributed by atoms with Gasteiger partial charge in [-0.05, 0) is 0 Å². The van der Waals surface area contributed by atoms with E-state index >= 15 is 0 Å². The molecule has 0 fully saturated rings. The molecular weight excluding hydrogens is 1170 g/mol. The molecular formula is C26H13F39Sn. The second-order valence-corrected chi connectivity index (χ2v) is 25.8. The Balaban J connectivity index is 7.88. The van der Waals surface area contributed by atoms with Gasteiger partial charge in [0, 0.05) is 0 Å². The molecule has 0 spiro atoms. The molecule has 0 atom stereocenters. The van der Waals surface area contributed by atoms with Crippen LogP contribution in [0.4, 0.5) is 171 Å². The van der Waals surface area contributed by atoms with Crippen molar-refractivity contribution >= 4 is 18.4 Å². The topological polar surface area (TPSA) is 0 Å². The number of hydrogen-bond acceptors (Lipinski definition) is 0. The molecule has 394 valence electrons. The summed E-state index contributed by atoms with van der Waals surface area (Å²) in [7, 11) is 0. The van der Waals surface area contributed by atoms with E-state index in [-0.39, 0.29) is 0 Å². The third-order valence-electron chi connectivity index (χ3n) is 9.05. The van der Waals surface area contributed by atoms with Gasteiger partial charge in [-0.3, -0.25) is 0 Å². The number of terminal acetylenes is 1. The van der Waals surface area contributed by atoms with Gasteiger partial charge >= 0.3 is 340 Å². The van der Waals surface area contributed by atoms with Crippen LogP contribution in [0, 0.1) is 10.4 Å². The van der Waals surface area contributed by atoms with Crippen LogP contribution in [-0.2, 0) is 0 Å². The molecule has 0 aliphatic carbocycles. The van der Waals surface area contributed by atoms with Crippen LogP contribution in [0.15, 0.2) is 0 Å². The van der Waals surface area contributed by atoms with Crippen molar-refractivity contribution in [2.45, 2.75) is 140 Å². The molecule has 0 aromatic carbocycles. The average molecular weight is 1190 g/mol. The van der Waals surface area contributed by atoms with Crippen LogP contribution in [0.1, 0.15) is 19.3 Å². The Morgan fingerprint density at radius 2 is 0.364 bits per heavy atom. The minimum absolute atomic E-state index is 0.389. The third-order valence-corrected chi connectivity index (χ3v) is 21.1. The molecule has 0 aliphatic rings. The Bertz CT molecular complexity index is 1540. The Labute approximate surface area is 340 Å². The van der Waals surface area contributed by atoms with Crippen molar-refractivity contribution < 1.29 is 171 Å². The predicted molar refractivity (Wildman–Crippen MR) is 135 cm³/mol. The molecule has 0 unspecified atom stereocenters. The van der Waals surface area contributed by atoms with E-state index in [2.05, 4.69) is 6.42 Å². The van der Waals surface area contributed by atoms with E-state index in [0.29, 0.717) is 3.94 Å². The fraction of sp³-hybridized carbons (Fsp3) is 0.923. The number of alkyl halides is 39. The molecule has 0 saturated carbocycles. The second-order valence-electron chi connectivity index (χ2n) is 13.4. The molecule has 0 rings (SSSR count). The molecule has 0 heterocycles. The van der Waals surface area contributed by atoms with Crippen LogP contribution in [0.3, 0.4) is 0 Å². The zero-order valence-corrected chi connectivity index (χ0v) is 32.4. The van der Waals surface area contributed by atoms with Gasteiger partial charge in [-0.1, -0.05) is 0 Å². The summed E-state index contributed by atoms with van der Waals surface area (Å²) in [6.45, 7) is 0. The van der Waals surface area contributed by atoms with E-state index in [4.69, 9.17) is 0 Å². The van der Waals surface area contributed by atoms with Crippen molar-refractivity contribution in [2.24, 2.45) is 0 Å². The Hall–Kier alpha value is -2.37. The Morgan fingerprint density at radius 1 is 0.227 bits per heavy atom. The molecule has 0 amide bonds. The summed E-state index contributed by atoms with van der Waals surface area (Å²) in [6, 6.07) is 0. The minimum atomic E-state index is -8.87. The molecule has 40 heteroatoms. The van der Waals surface area contributed by atoms with Gasteiger partial charge in [0.05, 0.1) is 0 Å². The normalized spacial score (nSPS) is 16.8. The first kappa shape index (κ1) is 63.6. The maximum atomic E-state index is 14.5. The van der Waals surface area contributed by atoms with Gasteiger partial charge in [0.2, 0.25) is 0 Å². The summed E-state index contributed by atoms with van der Waals surface area (Å²) in [4.78, 5) is 0. The average Bonchev–Trinajstić information content (AvgIpc) is 3.08. The molecule has 0 radical (unpaired) electrons. The summed E-state index contributed by atoms with van der Waals surface area (Å²) in [6.07, 6.45) is -32.2. The summed E-state index contributed by atoms with van der Waals surface area (Å²) < 4.78 is 518. The van der Waals surface area contributed by atoms with E-state index in [0.717, 1.165) is 0 Å². The van der Waals surface area contributed by atoms with Crippen LogP contribution in [0.5, 0.6) is 0 Å². The van der Waals surface area contributed by atoms with Gasteiger partial charge in [0.15, 0.2) is 0 Å². The second kappa shape index (κ2) is 16.9. The molecule has 0 aromatic rings. The van der Waals surface area contributed by atoms with Crippen molar-refractivity contribution in [3.8, 4) is 10.4 Å². The van der Waals surface area contributed by atoms with Crippen molar-refractivity contribution in [1.82, 2.24) is 0 Å². The Kier molecular flexibility index (Phi) is 16.3.